The number of carbonyl (C=O) groups is 2. The summed E-state index contributed by atoms with van der Waals surface area (Å²) in [5.41, 5.74) is 4.86. The van der Waals surface area contributed by atoms with Crippen LogP contribution < -0.4 is 4.90 Å². The number of aromatic nitrogens is 1. The fourth-order valence-electron chi connectivity index (χ4n) is 4.51. The zero-order chi connectivity index (χ0) is 24.7. The van der Waals surface area contributed by atoms with Crippen LogP contribution in [-0.4, -0.2) is 21.8 Å². The van der Waals surface area contributed by atoms with Crippen molar-refractivity contribution in [2.24, 2.45) is 0 Å². The number of carbonyl (C=O) groups excluding carboxylic acids is 2. The molecule has 1 N–H and O–H groups in total. The first-order valence-electron chi connectivity index (χ1n) is 11.3. The van der Waals surface area contributed by atoms with Crippen LogP contribution in [0.25, 0.3) is 10.6 Å². The largest absolute Gasteiger partial charge is 0.503 e. The molecule has 0 saturated heterocycles. The van der Waals surface area contributed by atoms with Gasteiger partial charge in [0.15, 0.2) is 5.76 Å². The Balaban J connectivity index is 1.66. The third-order valence-corrected chi connectivity index (χ3v) is 7.41. The maximum atomic E-state index is 14.0. The number of anilines is 1. The van der Waals surface area contributed by atoms with E-state index in [2.05, 4.69) is 4.98 Å². The van der Waals surface area contributed by atoms with Crippen molar-refractivity contribution in [1.29, 1.82) is 0 Å². The minimum Gasteiger partial charge on any atom is -0.503 e. The Kier molecular flexibility index (Phi) is 5.83. The lowest BCUT2D eigenvalue weighted by atomic mass is 9.93. The number of ketones is 1. The highest BCUT2D eigenvalue weighted by atomic mass is 32.1. The molecule has 0 radical (unpaired) electrons. The zero-order valence-electron chi connectivity index (χ0n) is 19.6. The third-order valence-electron chi connectivity index (χ3n) is 6.21. The summed E-state index contributed by atoms with van der Waals surface area (Å²) in [6.07, 6.45) is 0. The molecular weight excluding hydrogens is 456 g/mol. The zero-order valence-corrected chi connectivity index (χ0v) is 20.5. The topological polar surface area (TPSA) is 70.5 Å². The summed E-state index contributed by atoms with van der Waals surface area (Å²) in [6.45, 7) is 5.65. The smallest absolute Gasteiger partial charge is 0.294 e. The van der Waals surface area contributed by atoms with Crippen LogP contribution in [0.2, 0.25) is 0 Å². The van der Waals surface area contributed by atoms with Crippen molar-refractivity contribution in [2.45, 2.75) is 26.8 Å². The number of nitrogens with zero attached hydrogens (tertiary/aromatic N) is 2. The summed E-state index contributed by atoms with van der Waals surface area (Å²) in [5, 5.41) is 11.8. The number of Topliss-reactive ketones (excluding diaryl/α,β-unsaturated/α-hetero) is 1. The number of rotatable bonds is 5. The van der Waals surface area contributed by atoms with Gasteiger partial charge in [-0.2, -0.15) is 0 Å². The number of thiazole rings is 1. The summed E-state index contributed by atoms with van der Waals surface area (Å²) >= 11 is 1.28. The molecule has 0 aliphatic carbocycles. The number of hydrogen-bond donors (Lipinski definition) is 1. The second-order valence-electron chi connectivity index (χ2n) is 8.67. The van der Waals surface area contributed by atoms with E-state index in [4.69, 9.17) is 0 Å². The van der Waals surface area contributed by atoms with E-state index < -0.39 is 17.7 Å². The second kappa shape index (κ2) is 8.96. The van der Waals surface area contributed by atoms with E-state index in [1.807, 2.05) is 92.7 Å². The van der Waals surface area contributed by atoms with E-state index in [0.717, 1.165) is 27.3 Å². The van der Waals surface area contributed by atoms with Crippen LogP contribution in [-0.2, 0) is 4.79 Å². The summed E-state index contributed by atoms with van der Waals surface area (Å²) in [6, 6.07) is 24.1. The molecule has 0 spiro atoms. The molecule has 5 rings (SSSR count). The maximum Gasteiger partial charge on any atom is 0.294 e. The van der Waals surface area contributed by atoms with Crippen molar-refractivity contribution in [3.63, 3.8) is 0 Å². The summed E-state index contributed by atoms with van der Waals surface area (Å²) < 4.78 is 0. The van der Waals surface area contributed by atoms with Gasteiger partial charge in [0.2, 0.25) is 5.78 Å². The van der Waals surface area contributed by atoms with Crippen molar-refractivity contribution in [2.75, 3.05) is 4.90 Å². The predicted molar refractivity (Wildman–Crippen MR) is 139 cm³/mol. The Morgan fingerprint density at radius 3 is 2.37 bits per heavy atom. The van der Waals surface area contributed by atoms with Gasteiger partial charge >= 0.3 is 0 Å². The lowest BCUT2D eigenvalue weighted by Gasteiger charge is -2.28. The average molecular weight is 481 g/mol. The van der Waals surface area contributed by atoms with Crippen molar-refractivity contribution >= 4 is 28.7 Å². The van der Waals surface area contributed by atoms with Gasteiger partial charge in [-0.15, -0.1) is 11.3 Å². The molecular formula is C29H24N2O3S. The number of aliphatic hydroxyl groups is 1. The van der Waals surface area contributed by atoms with E-state index in [-0.39, 0.29) is 11.4 Å². The molecule has 4 aromatic rings. The molecule has 0 bridgehead atoms. The van der Waals surface area contributed by atoms with Crippen molar-refractivity contribution in [1.82, 2.24) is 4.98 Å². The second-order valence-corrected chi connectivity index (χ2v) is 9.67. The molecule has 1 atom stereocenters. The first-order valence-corrected chi connectivity index (χ1v) is 12.1. The molecule has 3 aromatic carbocycles. The number of aryl methyl sites for hydroxylation is 3. The average Bonchev–Trinajstić information content (AvgIpc) is 3.37. The highest BCUT2D eigenvalue weighted by Gasteiger charge is 2.45. The molecule has 0 saturated carbocycles. The first-order chi connectivity index (χ1) is 16.9. The predicted octanol–water partition coefficient (Wildman–Crippen LogP) is 6.52. The maximum absolute atomic E-state index is 14.0. The Morgan fingerprint density at radius 2 is 1.66 bits per heavy atom. The standard InChI is InChI=1S/C29H24N2O3S/c1-17-10-9-14-21(16-17)24-23(26(33)29(34)31(24)22-15-8-7-11-18(22)2)25(32)27-19(3)30-28(35-27)20-12-5-4-6-13-20/h4-16,24,33H,1-3H3. The van der Waals surface area contributed by atoms with E-state index in [9.17, 15) is 14.7 Å². The Morgan fingerprint density at radius 1 is 0.943 bits per heavy atom. The van der Waals surface area contributed by atoms with Crippen LogP contribution in [0.5, 0.6) is 0 Å². The van der Waals surface area contributed by atoms with Crippen molar-refractivity contribution < 1.29 is 14.7 Å². The fraction of sp³-hybridized carbons (Fsp3) is 0.138. The molecule has 2 heterocycles. The Hall–Kier alpha value is -4.03. The molecule has 6 heteroatoms. The molecule has 0 fully saturated rings. The van der Waals surface area contributed by atoms with Crippen LogP contribution in [0.1, 0.15) is 38.1 Å². The first kappa shape index (κ1) is 22.7. The highest BCUT2D eigenvalue weighted by Crippen LogP contribution is 2.44. The van der Waals surface area contributed by atoms with Crippen molar-refractivity contribution in [3.05, 3.63) is 117 Å². The molecule has 1 amide bonds. The van der Waals surface area contributed by atoms with Gasteiger partial charge in [-0.05, 0) is 38.0 Å². The van der Waals surface area contributed by atoms with E-state index in [1.165, 1.54) is 16.2 Å². The number of amides is 1. The number of aliphatic hydroxyl groups excluding tert-OH is 1. The van der Waals surface area contributed by atoms with Gasteiger partial charge in [-0.3, -0.25) is 14.5 Å². The third kappa shape index (κ3) is 3.96. The summed E-state index contributed by atoms with van der Waals surface area (Å²) in [4.78, 5) is 34.0. The minimum absolute atomic E-state index is 0.0789. The minimum atomic E-state index is -0.752. The monoisotopic (exact) mass is 480 g/mol. The fourth-order valence-corrected chi connectivity index (χ4v) is 5.53. The van der Waals surface area contributed by atoms with Gasteiger partial charge in [-0.1, -0.05) is 78.4 Å². The molecule has 1 aliphatic heterocycles. The highest BCUT2D eigenvalue weighted by molar-refractivity contribution is 7.17. The van der Waals surface area contributed by atoms with Crippen LogP contribution in [0.3, 0.4) is 0 Å². The van der Waals surface area contributed by atoms with Gasteiger partial charge < -0.3 is 5.11 Å². The molecule has 1 aliphatic rings. The van der Waals surface area contributed by atoms with Gasteiger partial charge in [0.05, 0.1) is 22.2 Å². The van der Waals surface area contributed by atoms with Crippen LogP contribution in [0.15, 0.2) is 90.2 Å². The number of para-hydroxylation sites is 1. The van der Waals surface area contributed by atoms with Gasteiger partial charge in [-0.25, -0.2) is 4.98 Å². The summed E-state index contributed by atoms with van der Waals surface area (Å²) in [7, 11) is 0. The number of benzene rings is 3. The molecule has 35 heavy (non-hydrogen) atoms. The van der Waals surface area contributed by atoms with E-state index >= 15 is 0 Å². The summed E-state index contributed by atoms with van der Waals surface area (Å²) in [5.74, 6) is -1.48. The van der Waals surface area contributed by atoms with Gasteiger partial charge in [0, 0.05) is 11.3 Å². The normalized spacial score (nSPS) is 15.7. The molecule has 174 valence electrons. The van der Waals surface area contributed by atoms with Crippen molar-refractivity contribution in [3.8, 4) is 10.6 Å². The quantitative estimate of drug-likeness (QED) is 0.330. The Labute approximate surface area is 208 Å². The lowest BCUT2D eigenvalue weighted by molar-refractivity contribution is -0.117. The number of hydrogen-bond acceptors (Lipinski definition) is 5. The van der Waals surface area contributed by atoms with Gasteiger partial charge in [0.1, 0.15) is 5.01 Å². The van der Waals surface area contributed by atoms with Crippen LogP contribution >= 0.6 is 11.3 Å². The molecule has 5 nitrogen and oxygen atoms in total. The van der Waals surface area contributed by atoms with E-state index in [0.29, 0.717) is 16.3 Å². The Bertz CT molecular complexity index is 1490. The SMILES string of the molecule is Cc1cccc(C2C(C(=O)c3sc(-c4ccccc4)nc3C)=C(O)C(=O)N2c2ccccc2C)c1. The lowest BCUT2D eigenvalue weighted by Crippen LogP contribution is -2.31. The molecule has 1 aromatic heterocycles. The van der Waals surface area contributed by atoms with E-state index in [1.54, 1.807) is 6.92 Å². The molecule has 1 unspecified atom stereocenters. The van der Waals surface area contributed by atoms with Crippen LogP contribution in [0.4, 0.5) is 5.69 Å². The van der Waals surface area contributed by atoms with Gasteiger partial charge in [0.25, 0.3) is 5.91 Å². The van der Waals surface area contributed by atoms with Crippen LogP contribution in [0, 0.1) is 20.8 Å².